The third-order valence-corrected chi connectivity index (χ3v) is 2.88. The van der Waals surface area contributed by atoms with Gasteiger partial charge >= 0.3 is 5.97 Å². The maximum absolute atomic E-state index is 11.7. The molecule has 8 nitrogen and oxygen atoms in total. The van der Waals surface area contributed by atoms with E-state index in [9.17, 15) is 19.7 Å². The van der Waals surface area contributed by atoms with Crippen LogP contribution >= 0.6 is 0 Å². The van der Waals surface area contributed by atoms with Gasteiger partial charge in [0, 0.05) is 27.2 Å². The molecular formula is C13H17N3O5. The van der Waals surface area contributed by atoms with Gasteiger partial charge in [-0.15, -0.1) is 0 Å². The summed E-state index contributed by atoms with van der Waals surface area (Å²) in [7, 11) is 5.96. The number of nitrogens with zero attached hydrogens (tertiary/aromatic N) is 3. The summed E-state index contributed by atoms with van der Waals surface area (Å²) in [5, 5.41) is 11.1. The van der Waals surface area contributed by atoms with Crippen molar-refractivity contribution in [3.8, 4) is 0 Å². The van der Waals surface area contributed by atoms with Gasteiger partial charge in [0.25, 0.3) is 5.69 Å². The minimum absolute atomic E-state index is 0.0432. The van der Waals surface area contributed by atoms with Gasteiger partial charge in [0.15, 0.2) is 0 Å². The van der Waals surface area contributed by atoms with Crippen molar-refractivity contribution < 1.29 is 19.2 Å². The quantitative estimate of drug-likeness (QED) is 0.455. The average Bonchev–Trinajstić information content (AvgIpc) is 2.45. The third-order valence-electron chi connectivity index (χ3n) is 2.88. The van der Waals surface area contributed by atoms with Gasteiger partial charge < -0.3 is 14.5 Å². The lowest BCUT2D eigenvalue weighted by atomic mass is 10.1. The molecule has 0 radical (unpaired) electrons. The number of ether oxygens (including phenoxy) is 1. The van der Waals surface area contributed by atoms with Crippen LogP contribution in [0.25, 0.3) is 0 Å². The molecule has 0 aromatic heterocycles. The van der Waals surface area contributed by atoms with Crippen molar-refractivity contribution in [3.05, 3.63) is 33.9 Å². The molecule has 0 fully saturated rings. The summed E-state index contributed by atoms with van der Waals surface area (Å²) in [5.41, 5.74) is 0.178. The zero-order valence-corrected chi connectivity index (χ0v) is 12.3. The van der Waals surface area contributed by atoms with Gasteiger partial charge in [-0.25, -0.2) is 4.79 Å². The highest BCUT2D eigenvalue weighted by molar-refractivity contribution is 5.92. The molecule has 1 rings (SSSR count). The van der Waals surface area contributed by atoms with Crippen LogP contribution in [0.1, 0.15) is 10.4 Å². The molecule has 0 unspecified atom stereocenters. The molecule has 0 atom stereocenters. The Morgan fingerprint density at radius 1 is 1.29 bits per heavy atom. The Hall–Kier alpha value is -2.64. The minimum Gasteiger partial charge on any atom is -0.465 e. The monoisotopic (exact) mass is 295 g/mol. The molecule has 1 aromatic carbocycles. The number of amides is 1. The molecule has 0 spiro atoms. The molecule has 8 heteroatoms. The van der Waals surface area contributed by atoms with Gasteiger partial charge in [-0.1, -0.05) is 0 Å². The molecule has 0 bridgehead atoms. The highest BCUT2D eigenvalue weighted by Gasteiger charge is 2.21. The second-order valence-corrected chi connectivity index (χ2v) is 4.60. The van der Waals surface area contributed by atoms with E-state index in [0.29, 0.717) is 0 Å². The van der Waals surface area contributed by atoms with E-state index in [4.69, 9.17) is 0 Å². The van der Waals surface area contributed by atoms with Crippen LogP contribution in [0.3, 0.4) is 0 Å². The number of nitro groups is 1. The van der Waals surface area contributed by atoms with Gasteiger partial charge in [0.1, 0.15) is 5.69 Å². The molecule has 0 heterocycles. The van der Waals surface area contributed by atoms with Crippen molar-refractivity contribution in [3.63, 3.8) is 0 Å². The van der Waals surface area contributed by atoms with Crippen LogP contribution in [0.15, 0.2) is 18.2 Å². The second kappa shape index (κ2) is 6.69. The number of methoxy groups -OCH3 is 1. The number of esters is 1. The molecular weight excluding hydrogens is 278 g/mol. The van der Waals surface area contributed by atoms with Gasteiger partial charge in [-0.05, 0) is 12.1 Å². The number of rotatable bonds is 5. The SMILES string of the molecule is COC(=O)c1ccc([N+](=O)[O-])c(N(C)CC(=O)N(C)C)c1. The van der Waals surface area contributed by atoms with E-state index in [1.807, 2.05) is 0 Å². The molecule has 0 aliphatic heterocycles. The fourth-order valence-electron chi connectivity index (χ4n) is 1.66. The van der Waals surface area contributed by atoms with E-state index in [2.05, 4.69) is 4.74 Å². The van der Waals surface area contributed by atoms with E-state index in [1.54, 1.807) is 21.1 Å². The smallest absolute Gasteiger partial charge is 0.337 e. The van der Waals surface area contributed by atoms with Crippen LogP contribution in [-0.4, -0.2) is 56.5 Å². The summed E-state index contributed by atoms with van der Waals surface area (Å²) in [4.78, 5) is 36.5. The first-order valence-corrected chi connectivity index (χ1v) is 6.06. The van der Waals surface area contributed by atoms with E-state index >= 15 is 0 Å². The molecule has 1 aromatic rings. The highest BCUT2D eigenvalue weighted by Crippen LogP contribution is 2.28. The van der Waals surface area contributed by atoms with Gasteiger partial charge in [0.2, 0.25) is 5.91 Å². The number of carbonyl (C=O) groups is 2. The van der Waals surface area contributed by atoms with Crippen LogP contribution in [-0.2, 0) is 9.53 Å². The Kier molecular flexibility index (Phi) is 5.23. The second-order valence-electron chi connectivity index (χ2n) is 4.60. The zero-order chi connectivity index (χ0) is 16.2. The molecule has 1 amide bonds. The Bertz CT molecular complexity index is 571. The summed E-state index contributed by atoms with van der Waals surface area (Å²) < 4.78 is 4.59. The van der Waals surface area contributed by atoms with Gasteiger partial charge in [0.05, 0.1) is 24.1 Å². The largest absolute Gasteiger partial charge is 0.465 e. The van der Waals surface area contributed by atoms with Crippen LogP contribution in [0.5, 0.6) is 0 Å². The molecule has 0 N–H and O–H groups in total. The van der Waals surface area contributed by atoms with Crippen molar-refractivity contribution in [1.29, 1.82) is 0 Å². The van der Waals surface area contributed by atoms with E-state index in [-0.39, 0.29) is 29.4 Å². The van der Waals surface area contributed by atoms with Crippen LogP contribution in [0.2, 0.25) is 0 Å². The summed E-state index contributed by atoms with van der Waals surface area (Å²) in [6, 6.07) is 3.88. The molecule has 0 saturated carbocycles. The first-order chi connectivity index (χ1) is 9.77. The first kappa shape index (κ1) is 16.4. The first-order valence-electron chi connectivity index (χ1n) is 6.06. The number of likely N-dealkylation sites (N-methyl/N-ethyl adjacent to an activating group) is 2. The lowest BCUT2D eigenvalue weighted by molar-refractivity contribution is -0.384. The number of carbonyl (C=O) groups excluding carboxylic acids is 2. The van der Waals surface area contributed by atoms with Crippen molar-refractivity contribution in [2.75, 3.05) is 39.7 Å². The van der Waals surface area contributed by atoms with Crippen molar-refractivity contribution >= 4 is 23.3 Å². The topological polar surface area (TPSA) is 93.0 Å². The number of hydrogen-bond acceptors (Lipinski definition) is 6. The maximum atomic E-state index is 11.7. The Balaban J connectivity index is 3.19. The Labute approximate surface area is 122 Å². The van der Waals surface area contributed by atoms with Gasteiger partial charge in [-0.2, -0.15) is 0 Å². The highest BCUT2D eigenvalue weighted by atomic mass is 16.6. The fraction of sp³-hybridized carbons (Fsp3) is 0.385. The van der Waals surface area contributed by atoms with Crippen molar-refractivity contribution in [2.24, 2.45) is 0 Å². The standard InChI is InChI=1S/C13H17N3O5/c1-14(2)12(17)8-15(3)11-7-9(13(18)21-4)5-6-10(11)16(19)20/h5-7H,8H2,1-4H3. The Morgan fingerprint density at radius 2 is 1.90 bits per heavy atom. The predicted molar refractivity (Wildman–Crippen MR) is 76.4 cm³/mol. The normalized spacial score (nSPS) is 9.90. The van der Waals surface area contributed by atoms with E-state index < -0.39 is 10.9 Å². The molecule has 0 aliphatic carbocycles. The molecule has 0 aliphatic rings. The van der Waals surface area contributed by atoms with Crippen LogP contribution in [0.4, 0.5) is 11.4 Å². The number of hydrogen-bond donors (Lipinski definition) is 0. The molecule has 21 heavy (non-hydrogen) atoms. The minimum atomic E-state index is -0.599. The van der Waals surface area contributed by atoms with Crippen molar-refractivity contribution in [1.82, 2.24) is 4.90 Å². The zero-order valence-electron chi connectivity index (χ0n) is 12.3. The average molecular weight is 295 g/mol. The third kappa shape index (κ3) is 3.91. The van der Waals surface area contributed by atoms with E-state index in [0.717, 1.165) is 0 Å². The molecule has 0 saturated heterocycles. The van der Waals surface area contributed by atoms with Crippen molar-refractivity contribution in [2.45, 2.75) is 0 Å². The van der Waals surface area contributed by atoms with Crippen LogP contribution in [0, 0.1) is 10.1 Å². The maximum Gasteiger partial charge on any atom is 0.337 e. The number of benzene rings is 1. The summed E-state index contributed by atoms with van der Waals surface area (Å²) >= 11 is 0. The Morgan fingerprint density at radius 3 is 2.38 bits per heavy atom. The fourth-order valence-corrected chi connectivity index (χ4v) is 1.66. The lowest BCUT2D eigenvalue weighted by Gasteiger charge is -2.21. The summed E-state index contributed by atoms with van der Waals surface area (Å²) in [5.74, 6) is -0.811. The van der Waals surface area contributed by atoms with E-state index in [1.165, 1.54) is 35.1 Å². The predicted octanol–water partition coefficient (Wildman–Crippen LogP) is 0.906. The van der Waals surface area contributed by atoms with Crippen LogP contribution < -0.4 is 4.90 Å². The molecule has 114 valence electrons. The number of nitro benzene ring substituents is 1. The number of anilines is 1. The summed E-state index contributed by atoms with van der Waals surface area (Å²) in [6.45, 7) is -0.0432. The summed E-state index contributed by atoms with van der Waals surface area (Å²) in [6.07, 6.45) is 0. The lowest BCUT2D eigenvalue weighted by Crippen LogP contribution is -2.34. The van der Waals surface area contributed by atoms with Gasteiger partial charge in [-0.3, -0.25) is 14.9 Å².